The number of hydrogen-bond donors (Lipinski definition) is 1. The number of ether oxygens (including phenoxy) is 2. The molecule has 0 saturated carbocycles. The summed E-state index contributed by atoms with van der Waals surface area (Å²) in [5, 5.41) is 12.3. The van der Waals surface area contributed by atoms with E-state index in [0.29, 0.717) is 17.0 Å². The van der Waals surface area contributed by atoms with E-state index in [2.05, 4.69) is 14.9 Å². The highest BCUT2D eigenvalue weighted by molar-refractivity contribution is 6.01. The van der Waals surface area contributed by atoms with Crippen molar-refractivity contribution in [2.45, 2.75) is 0 Å². The van der Waals surface area contributed by atoms with Crippen molar-refractivity contribution in [3.05, 3.63) is 59.9 Å². The van der Waals surface area contributed by atoms with Crippen molar-refractivity contribution in [3.8, 4) is 5.75 Å². The first kappa shape index (κ1) is 14.5. The summed E-state index contributed by atoms with van der Waals surface area (Å²) in [5.74, 6) is 0.155. The number of rotatable bonds is 5. The van der Waals surface area contributed by atoms with Gasteiger partial charge >= 0.3 is 5.97 Å². The van der Waals surface area contributed by atoms with E-state index in [4.69, 9.17) is 9.94 Å². The fourth-order valence-corrected chi connectivity index (χ4v) is 1.66. The molecule has 0 unspecified atom stereocenters. The van der Waals surface area contributed by atoms with Crippen LogP contribution in [0.15, 0.2) is 53.8 Å². The topological polar surface area (TPSA) is 81.0 Å². The zero-order chi connectivity index (χ0) is 15.1. The smallest absolute Gasteiger partial charge is 0.337 e. The van der Waals surface area contributed by atoms with Gasteiger partial charge in [-0.15, -0.1) is 0 Å². The third kappa shape index (κ3) is 3.79. The van der Waals surface area contributed by atoms with E-state index in [1.807, 2.05) is 18.2 Å². The molecule has 1 N–H and O–H groups in total. The molecule has 108 valence electrons. The number of esters is 1. The highest BCUT2D eigenvalue weighted by Gasteiger charge is 2.12. The molecule has 1 aromatic carbocycles. The molecule has 21 heavy (non-hydrogen) atoms. The maximum Gasteiger partial charge on any atom is 0.337 e. The Balaban J connectivity index is 2.13. The van der Waals surface area contributed by atoms with Crippen LogP contribution in [-0.4, -0.2) is 35.6 Å². The van der Waals surface area contributed by atoms with Crippen molar-refractivity contribution in [2.75, 3.05) is 13.7 Å². The Bertz CT molecular complexity index is 641. The molecule has 1 heterocycles. The predicted octanol–water partition coefficient (Wildman–Crippen LogP) is 2.13. The molecule has 0 amide bonds. The number of carbonyl (C=O) groups excluding carboxylic acids is 1. The Morgan fingerprint density at radius 3 is 2.71 bits per heavy atom. The number of para-hydroxylation sites is 1. The first-order chi connectivity index (χ1) is 10.2. The molecule has 6 heteroatoms. The molecule has 0 bridgehead atoms. The number of pyridine rings is 1. The maximum absolute atomic E-state index is 11.5. The summed E-state index contributed by atoms with van der Waals surface area (Å²) >= 11 is 0. The van der Waals surface area contributed by atoms with Crippen molar-refractivity contribution < 1.29 is 19.5 Å². The Kier molecular flexibility index (Phi) is 4.87. The van der Waals surface area contributed by atoms with E-state index in [1.54, 1.807) is 12.1 Å². The van der Waals surface area contributed by atoms with Crippen molar-refractivity contribution in [1.82, 2.24) is 4.98 Å². The number of nitrogens with zero attached hydrogens (tertiary/aromatic N) is 2. The van der Waals surface area contributed by atoms with Gasteiger partial charge in [0.1, 0.15) is 18.1 Å². The van der Waals surface area contributed by atoms with Gasteiger partial charge in [0.25, 0.3) is 0 Å². The largest absolute Gasteiger partial charge is 0.487 e. The number of hydrogen-bond acceptors (Lipinski definition) is 6. The molecule has 0 aliphatic heterocycles. The van der Waals surface area contributed by atoms with Crippen molar-refractivity contribution >= 4 is 11.7 Å². The molecule has 2 aromatic rings. The molecule has 0 radical (unpaired) electrons. The van der Waals surface area contributed by atoms with E-state index in [-0.39, 0.29) is 12.3 Å². The minimum atomic E-state index is -0.486. The van der Waals surface area contributed by atoms with Gasteiger partial charge in [-0.3, -0.25) is 4.98 Å². The fraction of sp³-hybridized carbons (Fsp3) is 0.133. The molecule has 1 aromatic heterocycles. The second-order valence-electron chi connectivity index (χ2n) is 4.07. The number of aromatic nitrogens is 1. The van der Waals surface area contributed by atoms with Gasteiger partial charge in [-0.25, -0.2) is 4.79 Å². The molecule has 0 fully saturated rings. The third-order valence-corrected chi connectivity index (χ3v) is 2.72. The fourth-order valence-electron chi connectivity index (χ4n) is 1.66. The van der Waals surface area contributed by atoms with Crippen molar-refractivity contribution in [1.29, 1.82) is 0 Å². The minimum Gasteiger partial charge on any atom is -0.487 e. The Labute approximate surface area is 121 Å². The van der Waals surface area contributed by atoms with Crippen molar-refractivity contribution in [3.63, 3.8) is 0 Å². The second kappa shape index (κ2) is 7.04. The zero-order valence-corrected chi connectivity index (χ0v) is 11.4. The third-order valence-electron chi connectivity index (χ3n) is 2.72. The van der Waals surface area contributed by atoms with Crippen LogP contribution in [0.2, 0.25) is 0 Å². The average Bonchev–Trinajstić information content (AvgIpc) is 2.56. The van der Waals surface area contributed by atoms with Crippen molar-refractivity contribution in [2.24, 2.45) is 5.16 Å². The second-order valence-corrected chi connectivity index (χ2v) is 4.07. The SMILES string of the molecule is COC(=O)c1ccnc(/C(COc2ccccc2)=N/O)c1. The minimum absolute atomic E-state index is 0.0259. The maximum atomic E-state index is 11.5. The van der Waals surface area contributed by atoms with Crippen LogP contribution in [0.5, 0.6) is 5.75 Å². The lowest BCUT2D eigenvalue weighted by atomic mass is 10.2. The molecule has 0 aliphatic carbocycles. The molecule has 6 nitrogen and oxygen atoms in total. The number of oxime groups is 1. The first-order valence-corrected chi connectivity index (χ1v) is 6.18. The van der Waals surface area contributed by atoms with E-state index in [0.717, 1.165) is 0 Å². The number of carbonyl (C=O) groups is 1. The van der Waals surface area contributed by atoms with Gasteiger partial charge in [0.2, 0.25) is 0 Å². The quantitative estimate of drug-likeness (QED) is 0.394. The summed E-state index contributed by atoms with van der Waals surface area (Å²) in [4.78, 5) is 15.5. The van der Waals surface area contributed by atoms with E-state index in [1.165, 1.54) is 25.4 Å². The number of methoxy groups -OCH3 is 1. The monoisotopic (exact) mass is 286 g/mol. The van der Waals surface area contributed by atoms with Gasteiger partial charge in [0.15, 0.2) is 0 Å². The molecule has 0 aliphatic rings. The van der Waals surface area contributed by atoms with Crippen LogP contribution in [0, 0.1) is 0 Å². The number of benzene rings is 1. The Hall–Kier alpha value is -2.89. The van der Waals surface area contributed by atoms with E-state index >= 15 is 0 Å². The van der Waals surface area contributed by atoms with Crippen LogP contribution in [0.25, 0.3) is 0 Å². The van der Waals surface area contributed by atoms with Gasteiger partial charge in [-0.2, -0.15) is 0 Å². The van der Waals surface area contributed by atoms with Gasteiger partial charge in [0.05, 0.1) is 18.4 Å². The summed E-state index contributed by atoms with van der Waals surface area (Å²) in [7, 11) is 1.29. The zero-order valence-electron chi connectivity index (χ0n) is 11.4. The summed E-state index contributed by atoms with van der Waals surface area (Å²) < 4.78 is 10.1. The first-order valence-electron chi connectivity index (χ1n) is 6.18. The predicted molar refractivity (Wildman–Crippen MR) is 75.8 cm³/mol. The molecular formula is C15H14N2O4. The average molecular weight is 286 g/mol. The van der Waals surface area contributed by atoms with Gasteiger partial charge in [0, 0.05) is 6.20 Å². The molecule has 0 spiro atoms. The summed E-state index contributed by atoms with van der Waals surface area (Å²) in [6.45, 7) is 0.0259. The van der Waals surface area contributed by atoms with Crippen LogP contribution < -0.4 is 4.74 Å². The van der Waals surface area contributed by atoms with E-state index in [9.17, 15) is 4.79 Å². The Morgan fingerprint density at radius 1 is 1.29 bits per heavy atom. The molecule has 0 atom stereocenters. The van der Waals surface area contributed by atoms with E-state index < -0.39 is 5.97 Å². The van der Waals surface area contributed by atoms with Crippen LogP contribution in [0.1, 0.15) is 16.1 Å². The normalized spacial score (nSPS) is 11.0. The van der Waals surface area contributed by atoms with Gasteiger partial charge < -0.3 is 14.7 Å². The lowest BCUT2D eigenvalue weighted by molar-refractivity contribution is 0.0600. The van der Waals surface area contributed by atoms with Crippen LogP contribution in [0.3, 0.4) is 0 Å². The standard InChI is InChI=1S/C15H14N2O4/c1-20-15(18)11-7-8-16-13(9-11)14(17-19)10-21-12-5-3-2-4-6-12/h2-9,19H,10H2,1H3/b17-14+. The lowest BCUT2D eigenvalue weighted by Crippen LogP contribution is -2.15. The lowest BCUT2D eigenvalue weighted by Gasteiger charge is -2.08. The highest BCUT2D eigenvalue weighted by atomic mass is 16.5. The van der Waals surface area contributed by atoms with Gasteiger partial charge in [-0.1, -0.05) is 23.4 Å². The van der Waals surface area contributed by atoms with Crippen LogP contribution >= 0.6 is 0 Å². The van der Waals surface area contributed by atoms with Crippen LogP contribution in [-0.2, 0) is 4.74 Å². The Morgan fingerprint density at radius 2 is 2.05 bits per heavy atom. The highest BCUT2D eigenvalue weighted by Crippen LogP contribution is 2.10. The molecular weight excluding hydrogens is 272 g/mol. The van der Waals surface area contributed by atoms with Crippen LogP contribution in [0.4, 0.5) is 0 Å². The van der Waals surface area contributed by atoms with Gasteiger partial charge in [-0.05, 0) is 24.3 Å². The molecule has 0 saturated heterocycles. The summed E-state index contributed by atoms with van der Waals surface area (Å²) in [6.07, 6.45) is 1.44. The molecule has 2 rings (SSSR count). The summed E-state index contributed by atoms with van der Waals surface area (Å²) in [6, 6.07) is 12.1. The summed E-state index contributed by atoms with van der Waals surface area (Å²) in [5.41, 5.74) is 0.879.